The van der Waals surface area contributed by atoms with E-state index in [0.717, 1.165) is 0 Å². The molecular formula is C12H16CoN2O8. The van der Waals surface area contributed by atoms with Crippen LogP contribution in [0.15, 0.2) is 48.8 Å². The molecule has 0 fully saturated rings. The van der Waals surface area contributed by atoms with Crippen LogP contribution in [0.1, 0.15) is 21.0 Å². The Morgan fingerprint density at radius 2 is 1.00 bits per heavy atom. The molecule has 11 heteroatoms. The van der Waals surface area contributed by atoms with Crippen LogP contribution in [-0.2, 0) is 16.8 Å². The molecule has 2 rings (SSSR count). The molecule has 0 atom stereocenters. The number of hydrogen-bond acceptors (Lipinski definition) is 6. The minimum absolute atomic E-state index is 0. The molecule has 2 aromatic heterocycles. The van der Waals surface area contributed by atoms with Gasteiger partial charge in [0.15, 0.2) is 0 Å². The summed E-state index contributed by atoms with van der Waals surface area (Å²) in [6.45, 7) is 0. The Hall–Kier alpha value is -2.41. The summed E-state index contributed by atoms with van der Waals surface area (Å²) in [5.74, 6) is -2.48. The average molecular weight is 375 g/mol. The van der Waals surface area contributed by atoms with Gasteiger partial charge in [0.1, 0.15) is 0 Å². The van der Waals surface area contributed by atoms with Crippen molar-refractivity contribution in [3.05, 3.63) is 60.2 Å². The summed E-state index contributed by atoms with van der Waals surface area (Å²) in [6, 6.07) is 9.25. The van der Waals surface area contributed by atoms with Gasteiger partial charge >= 0.3 is 16.8 Å². The first-order chi connectivity index (χ1) is 8.61. The maximum atomic E-state index is 10.0. The number of carboxylic acids is 2. The fourth-order valence-electron chi connectivity index (χ4n) is 0.967. The number of carbonyl (C=O) groups is 2. The van der Waals surface area contributed by atoms with E-state index in [9.17, 15) is 19.8 Å². The normalized spacial score (nSPS) is 6.96. The van der Waals surface area contributed by atoms with Gasteiger partial charge in [0.25, 0.3) is 0 Å². The number of pyridine rings is 2. The van der Waals surface area contributed by atoms with E-state index in [2.05, 4.69) is 9.97 Å². The molecule has 23 heavy (non-hydrogen) atoms. The number of carbonyl (C=O) groups excluding carboxylic acids is 2. The zero-order chi connectivity index (χ0) is 13.4. The molecule has 10 nitrogen and oxygen atoms in total. The van der Waals surface area contributed by atoms with Crippen LogP contribution in [0.4, 0.5) is 0 Å². The molecule has 0 saturated carbocycles. The van der Waals surface area contributed by atoms with Crippen LogP contribution in [-0.4, -0.2) is 43.8 Å². The Bertz CT molecular complexity index is 478. The van der Waals surface area contributed by atoms with Gasteiger partial charge in [0, 0.05) is 12.4 Å². The first kappa shape index (κ1) is 32.5. The monoisotopic (exact) mass is 375 g/mol. The van der Waals surface area contributed by atoms with E-state index in [1.54, 1.807) is 24.3 Å². The molecule has 1 radical (unpaired) electrons. The third-order valence-corrected chi connectivity index (χ3v) is 1.75. The van der Waals surface area contributed by atoms with Crippen molar-refractivity contribution in [3.63, 3.8) is 0 Å². The van der Waals surface area contributed by atoms with Crippen LogP contribution in [0.5, 0.6) is 0 Å². The van der Waals surface area contributed by atoms with E-state index in [1.807, 2.05) is 0 Å². The Kier molecular flexibility index (Phi) is 24.9. The number of nitrogens with zero attached hydrogens (tertiary/aromatic N) is 2. The molecule has 0 aliphatic heterocycles. The van der Waals surface area contributed by atoms with Crippen molar-refractivity contribution in [2.45, 2.75) is 0 Å². The van der Waals surface area contributed by atoms with Gasteiger partial charge in [-0.25, -0.2) is 0 Å². The molecular weight excluding hydrogens is 359 g/mol. The third kappa shape index (κ3) is 13.0. The maximum absolute atomic E-state index is 10.0. The first-order valence-corrected chi connectivity index (χ1v) is 4.86. The summed E-state index contributed by atoms with van der Waals surface area (Å²) in [4.78, 5) is 27.1. The van der Waals surface area contributed by atoms with Crippen molar-refractivity contribution in [3.8, 4) is 0 Å². The van der Waals surface area contributed by atoms with Gasteiger partial charge in [-0.15, -0.1) is 0 Å². The van der Waals surface area contributed by atoms with Crippen molar-refractivity contribution in [2.24, 2.45) is 0 Å². The minimum Gasteiger partial charge on any atom is -0.543 e. The predicted octanol–water partition coefficient (Wildman–Crippen LogP) is -4.41. The molecule has 2 heterocycles. The molecule has 0 aliphatic carbocycles. The van der Waals surface area contributed by atoms with Crippen LogP contribution in [0.2, 0.25) is 0 Å². The maximum Gasteiger partial charge on any atom is 2.00 e. The molecule has 0 spiro atoms. The molecule has 2 aromatic rings. The summed E-state index contributed by atoms with van der Waals surface area (Å²) in [6.07, 6.45) is 2.82. The Labute approximate surface area is 141 Å². The van der Waals surface area contributed by atoms with Gasteiger partial charge in [0.2, 0.25) is 0 Å². The summed E-state index contributed by atoms with van der Waals surface area (Å²) in [5, 5.41) is 20.1. The minimum atomic E-state index is -1.24. The topological polar surface area (TPSA) is 232 Å². The van der Waals surface area contributed by atoms with E-state index < -0.39 is 11.9 Å². The molecule has 0 aliphatic rings. The first-order valence-electron chi connectivity index (χ1n) is 4.86. The molecule has 131 valence electrons. The van der Waals surface area contributed by atoms with Crippen LogP contribution in [0.25, 0.3) is 0 Å². The van der Waals surface area contributed by atoms with Crippen LogP contribution in [0.3, 0.4) is 0 Å². The number of hydrogen-bond donors (Lipinski definition) is 0. The molecule has 0 bridgehead atoms. The van der Waals surface area contributed by atoms with Gasteiger partial charge in [-0.2, -0.15) is 0 Å². The van der Waals surface area contributed by atoms with E-state index >= 15 is 0 Å². The second-order valence-corrected chi connectivity index (χ2v) is 3.00. The largest absolute Gasteiger partial charge is 2.00 e. The molecule has 0 saturated heterocycles. The SMILES string of the molecule is O.O.O.O.O=C([O-])c1ccccn1.O=C([O-])c1ccccn1.[Co+2]. The van der Waals surface area contributed by atoms with Gasteiger partial charge in [0.05, 0.1) is 23.3 Å². The van der Waals surface area contributed by atoms with Gasteiger partial charge in [-0.1, -0.05) is 12.1 Å². The Morgan fingerprint density at radius 1 is 0.696 bits per heavy atom. The fraction of sp³-hybridized carbons (Fsp3) is 0. The quantitative estimate of drug-likeness (QED) is 0.502. The smallest absolute Gasteiger partial charge is 0.543 e. The van der Waals surface area contributed by atoms with Gasteiger partial charge < -0.3 is 41.7 Å². The Balaban J connectivity index is -0.0000000771. The number of rotatable bonds is 2. The Morgan fingerprint density at radius 3 is 1.13 bits per heavy atom. The van der Waals surface area contributed by atoms with Crippen LogP contribution < -0.4 is 10.2 Å². The van der Waals surface area contributed by atoms with Crippen molar-refractivity contribution < 1.29 is 58.5 Å². The standard InChI is InChI=1S/2C6H5NO2.Co.4H2O/c2*8-6(9)5-3-1-2-4-7-5;;;;;/h2*1-4H,(H,8,9);;4*1H2/q;;+2;;;;/p-2. The molecule has 0 amide bonds. The molecule has 0 unspecified atom stereocenters. The summed E-state index contributed by atoms with van der Waals surface area (Å²) in [5.41, 5.74) is -0.0602. The predicted molar refractivity (Wildman–Crippen MR) is 71.6 cm³/mol. The van der Waals surface area contributed by atoms with Crippen LogP contribution in [0, 0.1) is 0 Å². The van der Waals surface area contributed by atoms with Gasteiger partial charge in [-0.05, 0) is 24.3 Å². The zero-order valence-corrected chi connectivity index (χ0v) is 12.5. The van der Waals surface area contributed by atoms with Crippen molar-refractivity contribution >= 4 is 11.9 Å². The molecule has 8 N–H and O–H groups in total. The van der Waals surface area contributed by atoms with Crippen LogP contribution >= 0.6 is 0 Å². The van der Waals surface area contributed by atoms with Crippen molar-refractivity contribution in [2.75, 3.05) is 0 Å². The average Bonchev–Trinajstić information content (AvgIpc) is 2.41. The van der Waals surface area contributed by atoms with E-state index in [-0.39, 0.29) is 50.1 Å². The molecule has 0 aromatic carbocycles. The van der Waals surface area contributed by atoms with E-state index in [4.69, 9.17) is 0 Å². The number of carboxylic acid groups (broad SMARTS) is 2. The van der Waals surface area contributed by atoms with Crippen molar-refractivity contribution in [1.82, 2.24) is 9.97 Å². The third-order valence-electron chi connectivity index (χ3n) is 1.75. The van der Waals surface area contributed by atoms with E-state index in [1.165, 1.54) is 24.5 Å². The summed E-state index contributed by atoms with van der Waals surface area (Å²) < 4.78 is 0. The summed E-state index contributed by atoms with van der Waals surface area (Å²) in [7, 11) is 0. The zero-order valence-electron chi connectivity index (χ0n) is 11.5. The number of aromatic nitrogens is 2. The van der Waals surface area contributed by atoms with Gasteiger partial charge in [-0.3, -0.25) is 9.97 Å². The van der Waals surface area contributed by atoms with E-state index in [0.29, 0.717) is 0 Å². The fourth-order valence-corrected chi connectivity index (χ4v) is 0.967. The van der Waals surface area contributed by atoms with Crippen molar-refractivity contribution in [1.29, 1.82) is 0 Å². The summed E-state index contributed by atoms with van der Waals surface area (Å²) >= 11 is 0. The second kappa shape index (κ2) is 17.6. The second-order valence-electron chi connectivity index (χ2n) is 3.00. The number of aromatic carboxylic acids is 2.